The van der Waals surface area contributed by atoms with Crippen molar-refractivity contribution >= 4 is 0 Å². The molecule has 0 aliphatic heterocycles. The summed E-state index contributed by atoms with van der Waals surface area (Å²) in [6.07, 6.45) is 7.44. The highest BCUT2D eigenvalue weighted by molar-refractivity contribution is 5.27. The van der Waals surface area contributed by atoms with Gasteiger partial charge in [-0.15, -0.1) is 0 Å². The number of nitrogens with zero attached hydrogens (tertiary/aromatic N) is 1. The van der Waals surface area contributed by atoms with E-state index < -0.39 is 5.60 Å². The summed E-state index contributed by atoms with van der Waals surface area (Å²) in [6.45, 7) is 3.99. The van der Waals surface area contributed by atoms with E-state index in [4.69, 9.17) is 4.74 Å². The van der Waals surface area contributed by atoms with Gasteiger partial charge in [0.2, 0.25) is 0 Å². The van der Waals surface area contributed by atoms with E-state index in [9.17, 15) is 5.11 Å². The SMILES string of the molecule is CCCCCC(C)(O)c1cncc(OC)c1. The van der Waals surface area contributed by atoms with Crippen molar-refractivity contribution in [3.05, 3.63) is 24.0 Å². The van der Waals surface area contributed by atoms with E-state index in [1.165, 1.54) is 0 Å². The summed E-state index contributed by atoms with van der Waals surface area (Å²) in [5, 5.41) is 10.3. The monoisotopic (exact) mass is 223 g/mol. The Morgan fingerprint density at radius 1 is 1.38 bits per heavy atom. The van der Waals surface area contributed by atoms with Gasteiger partial charge >= 0.3 is 0 Å². The molecule has 3 nitrogen and oxygen atoms in total. The molecule has 0 spiro atoms. The van der Waals surface area contributed by atoms with Crippen molar-refractivity contribution < 1.29 is 9.84 Å². The molecule has 0 aliphatic carbocycles. The van der Waals surface area contributed by atoms with E-state index in [1.54, 1.807) is 19.5 Å². The molecule has 16 heavy (non-hydrogen) atoms. The van der Waals surface area contributed by atoms with Crippen LogP contribution in [0, 0.1) is 0 Å². The second-order valence-corrected chi connectivity index (χ2v) is 4.34. The Balaban J connectivity index is 2.72. The molecule has 0 bridgehead atoms. The van der Waals surface area contributed by atoms with Gasteiger partial charge in [0.15, 0.2) is 0 Å². The second-order valence-electron chi connectivity index (χ2n) is 4.34. The normalized spacial score (nSPS) is 14.5. The van der Waals surface area contributed by atoms with Crippen molar-refractivity contribution in [2.24, 2.45) is 0 Å². The molecule has 0 amide bonds. The Hall–Kier alpha value is -1.09. The maximum absolute atomic E-state index is 10.3. The fourth-order valence-corrected chi connectivity index (χ4v) is 1.69. The Morgan fingerprint density at radius 3 is 2.75 bits per heavy atom. The van der Waals surface area contributed by atoms with Gasteiger partial charge < -0.3 is 9.84 Å². The first-order valence-electron chi connectivity index (χ1n) is 5.82. The molecular formula is C13H21NO2. The third-order valence-corrected chi connectivity index (χ3v) is 2.84. The molecule has 3 heteroatoms. The van der Waals surface area contributed by atoms with E-state index in [0.29, 0.717) is 5.75 Å². The molecule has 0 radical (unpaired) electrons. The molecule has 1 atom stereocenters. The minimum atomic E-state index is -0.809. The van der Waals surface area contributed by atoms with Crippen LogP contribution in [0.25, 0.3) is 0 Å². The van der Waals surface area contributed by atoms with Crippen LogP contribution in [0.15, 0.2) is 18.5 Å². The number of ether oxygens (including phenoxy) is 1. The zero-order chi connectivity index (χ0) is 12.0. The van der Waals surface area contributed by atoms with Crippen LogP contribution in [0.3, 0.4) is 0 Å². The lowest BCUT2D eigenvalue weighted by atomic mass is 9.91. The minimum absolute atomic E-state index is 0.688. The molecule has 1 N–H and O–H groups in total. The van der Waals surface area contributed by atoms with Crippen molar-refractivity contribution in [2.45, 2.75) is 45.1 Å². The van der Waals surface area contributed by atoms with Crippen LogP contribution in [-0.2, 0) is 5.60 Å². The molecule has 1 rings (SSSR count). The van der Waals surface area contributed by atoms with Crippen LogP contribution in [0.1, 0.15) is 45.1 Å². The number of aromatic nitrogens is 1. The molecule has 0 aliphatic rings. The summed E-state index contributed by atoms with van der Waals surface area (Å²) in [7, 11) is 1.60. The van der Waals surface area contributed by atoms with Crippen LogP contribution >= 0.6 is 0 Å². The largest absolute Gasteiger partial charge is 0.495 e. The van der Waals surface area contributed by atoms with E-state index in [0.717, 1.165) is 31.2 Å². The molecule has 0 fully saturated rings. The van der Waals surface area contributed by atoms with Gasteiger partial charge in [0, 0.05) is 11.8 Å². The minimum Gasteiger partial charge on any atom is -0.495 e. The summed E-state index contributed by atoms with van der Waals surface area (Å²) in [4.78, 5) is 4.06. The standard InChI is InChI=1S/C13H21NO2/c1-4-5-6-7-13(2,15)11-8-12(16-3)10-14-9-11/h8-10,15H,4-7H2,1-3H3. The lowest BCUT2D eigenvalue weighted by Crippen LogP contribution is -2.21. The van der Waals surface area contributed by atoms with E-state index in [2.05, 4.69) is 11.9 Å². The number of hydrogen-bond acceptors (Lipinski definition) is 3. The number of rotatable bonds is 6. The van der Waals surface area contributed by atoms with Gasteiger partial charge in [0.1, 0.15) is 5.75 Å². The third kappa shape index (κ3) is 3.49. The molecule has 90 valence electrons. The van der Waals surface area contributed by atoms with Crippen LogP contribution in [-0.4, -0.2) is 17.2 Å². The predicted molar refractivity (Wildman–Crippen MR) is 64.5 cm³/mol. The first kappa shape index (κ1) is 13.0. The van der Waals surface area contributed by atoms with Gasteiger partial charge in [-0.05, 0) is 19.4 Å². The topological polar surface area (TPSA) is 42.4 Å². The Kier molecular flexibility index (Phi) is 4.74. The average molecular weight is 223 g/mol. The first-order valence-corrected chi connectivity index (χ1v) is 5.82. The zero-order valence-electron chi connectivity index (χ0n) is 10.4. The predicted octanol–water partition coefficient (Wildman–Crippen LogP) is 2.88. The first-order chi connectivity index (χ1) is 7.60. The van der Waals surface area contributed by atoms with Crippen molar-refractivity contribution in [1.82, 2.24) is 4.98 Å². The number of unbranched alkanes of at least 4 members (excludes halogenated alkanes) is 2. The average Bonchev–Trinajstić information content (AvgIpc) is 2.29. The van der Waals surface area contributed by atoms with Gasteiger partial charge in [0.25, 0.3) is 0 Å². The highest BCUT2D eigenvalue weighted by Gasteiger charge is 2.23. The number of methoxy groups -OCH3 is 1. The maximum atomic E-state index is 10.3. The summed E-state index contributed by atoms with van der Waals surface area (Å²) in [5.74, 6) is 0.688. The van der Waals surface area contributed by atoms with Crippen LogP contribution in [0.5, 0.6) is 5.75 Å². The van der Waals surface area contributed by atoms with E-state index in [1.807, 2.05) is 13.0 Å². The quantitative estimate of drug-likeness (QED) is 0.754. The van der Waals surface area contributed by atoms with Crippen molar-refractivity contribution in [1.29, 1.82) is 0 Å². The summed E-state index contributed by atoms with van der Waals surface area (Å²) in [6, 6.07) is 1.85. The highest BCUT2D eigenvalue weighted by Crippen LogP contribution is 2.28. The van der Waals surface area contributed by atoms with Crippen LogP contribution < -0.4 is 4.74 Å². The van der Waals surface area contributed by atoms with Crippen molar-refractivity contribution in [3.8, 4) is 5.75 Å². The van der Waals surface area contributed by atoms with Crippen LogP contribution in [0.4, 0.5) is 0 Å². The molecule has 0 aromatic carbocycles. The van der Waals surface area contributed by atoms with E-state index >= 15 is 0 Å². The summed E-state index contributed by atoms with van der Waals surface area (Å²) >= 11 is 0. The molecule has 1 heterocycles. The van der Waals surface area contributed by atoms with Gasteiger partial charge in [0.05, 0.1) is 18.9 Å². The Bertz CT molecular complexity index is 323. The summed E-state index contributed by atoms with van der Waals surface area (Å²) in [5.41, 5.74) is 0.0134. The van der Waals surface area contributed by atoms with Crippen molar-refractivity contribution in [3.63, 3.8) is 0 Å². The van der Waals surface area contributed by atoms with Gasteiger partial charge in [-0.25, -0.2) is 0 Å². The Labute approximate surface area is 97.5 Å². The van der Waals surface area contributed by atoms with E-state index in [-0.39, 0.29) is 0 Å². The fraction of sp³-hybridized carbons (Fsp3) is 0.615. The van der Waals surface area contributed by atoms with Gasteiger partial charge in [-0.3, -0.25) is 4.98 Å². The number of hydrogen-bond donors (Lipinski definition) is 1. The highest BCUT2D eigenvalue weighted by atomic mass is 16.5. The molecule has 0 saturated carbocycles. The smallest absolute Gasteiger partial charge is 0.137 e. The molecular weight excluding hydrogens is 202 g/mol. The fourth-order valence-electron chi connectivity index (χ4n) is 1.69. The lowest BCUT2D eigenvalue weighted by Gasteiger charge is -2.23. The summed E-state index contributed by atoms with van der Waals surface area (Å²) < 4.78 is 5.10. The zero-order valence-corrected chi connectivity index (χ0v) is 10.4. The second kappa shape index (κ2) is 5.85. The third-order valence-electron chi connectivity index (χ3n) is 2.84. The molecule has 0 saturated heterocycles. The molecule has 1 aromatic rings. The van der Waals surface area contributed by atoms with Gasteiger partial charge in [-0.1, -0.05) is 26.2 Å². The number of pyridine rings is 1. The van der Waals surface area contributed by atoms with Gasteiger partial charge in [-0.2, -0.15) is 0 Å². The molecule has 1 aromatic heterocycles. The maximum Gasteiger partial charge on any atom is 0.137 e. The van der Waals surface area contributed by atoms with Crippen LogP contribution in [0.2, 0.25) is 0 Å². The lowest BCUT2D eigenvalue weighted by molar-refractivity contribution is 0.0444. The Morgan fingerprint density at radius 2 is 2.12 bits per heavy atom. The number of aliphatic hydroxyl groups is 1. The van der Waals surface area contributed by atoms with Crippen molar-refractivity contribution in [2.75, 3.05) is 7.11 Å². The molecule has 1 unspecified atom stereocenters.